The zero-order valence-electron chi connectivity index (χ0n) is 23.9. The van der Waals surface area contributed by atoms with Gasteiger partial charge >= 0.3 is 0 Å². The Kier molecular flexibility index (Phi) is 9.82. The van der Waals surface area contributed by atoms with Crippen molar-refractivity contribution >= 4 is 27.3 Å². The van der Waals surface area contributed by atoms with Gasteiger partial charge in [0.2, 0.25) is 0 Å². The molecule has 42 heavy (non-hydrogen) atoms. The van der Waals surface area contributed by atoms with Crippen molar-refractivity contribution in [1.29, 1.82) is 0 Å². The van der Waals surface area contributed by atoms with E-state index in [9.17, 15) is 13.2 Å². The fraction of sp³-hybridized carbons (Fsp3) is 0.188. The molecule has 0 spiro atoms. The van der Waals surface area contributed by atoms with Crippen LogP contribution in [0.3, 0.4) is 0 Å². The first-order valence-electron chi connectivity index (χ1n) is 13.2. The van der Waals surface area contributed by atoms with Gasteiger partial charge in [0.15, 0.2) is 11.5 Å². The summed E-state index contributed by atoms with van der Waals surface area (Å²) >= 11 is 0. The van der Waals surface area contributed by atoms with Crippen molar-refractivity contribution in [3.05, 3.63) is 114 Å². The molecule has 4 aromatic rings. The van der Waals surface area contributed by atoms with E-state index < -0.39 is 15.9 Å². The summed E-state index contributed by atoms with van der Waals surface area (Å²) in [6.07, 6.45) is 0.517. The van der Waals surface area contributed by atoms with E-state index >= 15 is 0 Å². The molecule has 1 amide bonds. The predicted molar refractivity (Wildman–Crippen MR) is 163 cm³/mol. The molecule has 0 atom stereocenters. The molecule has 0 radical (unpaired) electrons. The van der Waals surface area contributed by atoms with E-state index in [1.165, 1.54) is 23.5 Å². The molecule has 0 aliphatic carbocycles. The molecule has 9 nitrogen and oxygen atoms in total. The summed E-state index contributed by atoms with van der Waals surface area (Å²) in [5.74, 6) is 1.08. The molecule has 0 aromatic heterocycles. The number of amides is 1. The van der Waals surface area contributed by atoms with Crippen LogP contribution < -0.4 is 23.9 Å². The van der Waals surface area contributed by atoms with Gasteiger partial charge in [-0.2, -0.15) is 5.10 Å². The third kappa shape index (κ3) is 6.72. The van der Waals surface area contributed by atoms with Gasteiger partial charge in [-0.3, -0.25) is 9.10 Å². The molecule has 0 heterocycles. The number of benzene rings is 4. The van der Waals surface area contributed by atoms with Crippen LogP contribution in [0.4, 0.5) is 5.69 Å². The fourth-order valence-corrected chi connectivity index (χ4v) is 5.82. The third-order valence-electron chi connectivity index (χ3n) is 6.58. The maximum Gasteiger partial charge on any atom is 0.273 e. The highest BCUT2D eigenvalue weighted by molar-refractivity contribution is 7.92. The molecule has 0 aliphatic rings. The van der Waals surface area contributed by atoms with Crippen LogP contribution in [0.1, 0.15) is 34.8 Å². The van der Waals surface area contributed by atoms with Crippen molar-refractivity contribution in [2.75, 3.05) is 25.6 Å². The number of nitrogens with one attached hydrogen (secondary N) is 1. The number of nitrogens with zero attached hydrogens (tertiary/aromatic N) is 2. The molecule has 0 saturated carbocycles. The van der Waals surface area contributed by atoms with Crippen molar-refractivity contribution in [3.63, 3.8) is 0 Å². The molecule has 4 aromatic carbocycles. The van der Waals surface area contributed by atoms with Crippen molar-refractivity contribution in [2.45, 2.75) is 24.8 Å². The summed E-state index contributed by atoms with van der Waals surface area (Å²) in [6.45, 7) is 1.92. The minimum absolute atomic E-state index is 0.00855. The summed E-state index contributed by atoms with van der Waals surface area (Å²) in [4.78, 5) is 13.6. The number of sulfonamides is 1. The Morgan fingerprint density at radius 1 is 0.810 bits per heavy atom. The Morgan fingerprint density at radius 3 is 2.12 bits per heavy atom. The lowest BCUT2D eigenvalue weighted by atomic mass is 10.1. The van der Waals surface area contributed by atoms with E-state index in [1.54, 1.807) is 62.8 Å². The van der Waals surface area contributed by atoms with Gasteiger partial charge in [-0.15, -0.1) is 0 Å². The first-order chi connectivity index (χ1) is 20.3. The number of ether oxygens (including phenoxy) is 3. The number of carbonyl (C=O) groups is 1. The van der Waals surface area contributed by atoms with E-state index in [0.29, 0.717) is 29.4 Å². The van der Waals surface area contributed by atoms with Gasteiger partial charge in [-0.1, -0.05) is 49.4 Å². The number of anilines is 1. The highest BCUT2D eigenvalue weighted by atomic mass is 32.2. The van der Waals surface area contributed by atoms with Gasteiger partial charge in [0, 0.05) is 5.56 Å². The molecular weight excluding hydrogens is 554 g/mol. The number of methoxy groups -OCH3 is 3. The zero-order chi connectivity index (χ0) is 30.1. The van der Waals surface area contributed by atoms with E-state index in [-0.39, 0.29) is 22.7 Å². The van der Waals surface area contributed by atoms with Crippen LogP contribution in [0.25, 0.3) is 0 Å². The average molecular weight is 588 g/mol. The second kappa shape index (κ2) is 13.7. The van der Waals surface area contributed by atoms with Gasteiger partial charge in [-0.25, -0.2) is 13.8 Å². The Hall–Kier alpha value is -4.83. The number of carbonyl (C=O) groups excluding carboxylic acids is 1. The van der Waals surface area contributed by atoms with E-state index in [2.05, 4.69) is 10.5 Å². The highest BCUT2D eigenvalue weighted by Crippen LogP contribution is 2.31. The van der Waals surface area contributed by atoms with Gasteiger partial charge in [-0.05, 0) is 66.6 Å². The van der Waals surface area contributed by atoms with Gasteiger partial charge in [0.25, 0.3) is 15.9 Å². The summed E-state index contributed by atoms with van der Waals surface area (Å²) < 4.78 is 45.2. The van der Waals surface area contributed by atoms with Crippen LogP contribution in [0.2, 0.25) is 0 Å². The third-order valence-corrected chi connectivity index (χ3v) is 8.35. The molecule has 0 unspecified atom stereocenters. The lowest BCUT2D eigenvalue weighted by Gasteiger charge is -2.26. The van der Waals surface area contributed by atoms with E-state index in [1.807, 2.05) is 43.3 Å². The molecule has 1 N–H and O–H groups in total. The van der Waals surface area contributed by atoms with Gasteiger partial charge in [0.05, 0.1) is 49.7 Å². The van der Waals surface area contributed by atoms with E-state index in [0.717, 1.165) is 11.1 Å². The van der Waals surface area contributed by atoms with Crippen molar-refractivity contribution in [2.24, 2.45) is 5.10 Å². The van der Waals surface area contributed by atoms with Crippen molar-refractivity contribution in [3.8, 4) is 17.2 Å². The normalized spacial score (nSPS) is 11.5. The van der Waals surface area contributed by atoms with Crippen LogP contribution in [-0.4, -0.2) is 41.4 Å². The minimum Gasteiger partial charge on any atom is -0.497 e. The molecule has 0 saturated heterocycles. The maximum atomic E-state index is 14.0. The largest absolute Gasteiger partial charge is 0.497 e. The Labute approximate surface area is 246 Å². The monoisotopic (exact) mass is 587 g/mol. The molecule has 0 fully saturated rings. The number of hydrazone groups is 1. The van der Waals surface area contributed by atoms with Crippen molar-refractivity contribution in [1.82, 2.24) is 5.43 Å². The minimum atomic E-state index is -4.09. The number of hydrogen-bond donors (Lipinski definition) is 1. The van der Waals surface area contributed by atoms with Crippen LogP contribution in [0.5, 0.6) is 17.2 Å². The average Bonchev–Trinajstić information content (AvgIpc) is 3.04. The second-order valence-electron chi connectivity index (χ2n) is 9.11. The number of rotatable bonds is 12. The summed E-state index contributed by atoms with van der Waals surface area (Å²) in [5, 5.41) is 4.38. The Bertz CT molecular complexity index is 1660. The van der Waals surface area contributed by atoms with Crippen LogP contribution >= 0.6 is 0 Å². The zero-order valence-corrected chi connectivity index (χ0v) is 24.7. The molecular formula is C32H33N3O6S. The lowest BCUT2D eigenvalue weighted by molar-refractivity contribution is 0.0955. The summed E-state index contributed by atoms with van der Waals surface area (Å²) in [5.41, 5.74) is 5.09. The van der Waals surface area contributed by atoms with Crippen LogP contribution in [-0.2, 0) is 16.6 Å². The fourth-order valence-electron chi connectivity index (χ4n) is 4.35. The lowest BCUT2D eigenvalue weighted by Crippen LogP contribution is -2.33. The SMILES string of the molecule is CC/C(=N/NC(=O)c1ccccc1N(Cc1ccccc1)S(=O)(=O)c1ccc(OC)cc1)c1ccc(OC)c(OC)c1. The van der Waals surface area contributed by atoms with Crippen LogP contribution in [0, 0.1) is 0 Å². The van der Waals surface area contributed by atoms with Crippen molar-refractivity contribution < 1.29 is 27.4 Å². The second-order valence-corrected chi connectivity index (χ2v) is 11.0. The van der Waals surface area contributed by atoms with Gasteiger partial charge in [0.1, 0.15) is 5.75 Å². The predicted octanol–water partition coefficient (Wildman–Crippen LogP) is 5.65. The number of para-hydroxylation sites is 1. The van der Waals surface area contributed by atoms with Gasteiger partial charge < -0.3 is 14.2 Å². The Balaban J connectivity index is 1.72. The van der Waals surface area contributed by atoms with Crippen LogP contribution in [0.15, 0.2) is 107 Å². The Morgan fingerprint density at radius 2 is 1.48 bits per heavy atom. The smallest absolute Gasteiger partial charge is 0.273 e. The maximum absolute atomic E-state index is 14.0. The first-order valence-corrected chi connectivity index (χ1v) is 14.7. The highest BCUT2D eigenvalue weighted by Gasteiger charge is 2.29. The molecule has 0 aliphatic heterocycles. The first kappa shape index (κ1) is 30.1. The van der Waals surface area contributed by atoms with E-state index in [4.69, 9.17) is 14.2 Å². The molecule has 218 valence electrons. The molecule has 4 rings (SSSR count). The topological polar surface area (TPSA) is 107 Å². The quantitative estimate of drug-likeness (QED) is 0.170. The molecule has 10 heteroatoms. The standard InChI is InChI=1S/C32H33N3O6S/c1-5-28(24-15-20-30(40-3)31(21-24)41-4)33-34-32(36)27-13-9-10-14-29(27)35(22-23-11-7-6-8-12-23)42(37,38)26-18-16-25(39-2)17-19-26/h6-21H,5,22H2,1-4H3,(H,34,36)/b33-28-. The summed E-state index contributed by atoms with van der Waals surface area (Å²) in [7, 11) is 0.523. The molecule has 0 bridgehead atoms. The summed E-state index contributed by atoms with van der Waals surface area (Å²) in [6, 6.07) is 27.3. The number of hydrogen-bond acceptors (Lipinski definition) is 7.